The maximum atomic E-state index is 3.70. The van der Waals surface area contributed by atoms with Crippen LogP contribution in [0.2, 0.25) is 0 Å². The van der Waals surface area contributed by atoms with Crippen LogP contribution in [0.25, 0.3) is 0 Å². The summed E-state index contributed by atoms with van der Waals surface area (Å²) in [5.74, 6) is 0. The van der Waals surface area contributed by atoms with Crippen molar-refractivity contribution >= 4 is 9.39 Å². The van der Waals surface area contributed by atoms with Crippen molar-refractivity contribution in [1.82, 2.24) is 10.4 Å². The Bertz CT molecular complexity index is 244. The number of hydrogen-bond acceptors (Lipinski definition) is 2. The molecule has 0 radical (unpaired) electrons. The highest BCUT2D eigenvalue weighted by atomic mass is 31.0. The van der Waals surface area contributed by atoms with Crippen LogP contribution in [0.3, 0.4) is 0 Å². The molecule has 0 aromatic heterocycles. The van der Waals surface area contributed by atoms with Gasteiger partial charge in [0.05, 0.1) is 0 Å². The third-order valence-electron chi connectivity index (χ3n) is 2.22. The maximum absolute atomic E-state index is 3.70. The van der Waals surface area contributed by atoms with Crippen molar-refractivity contribution in [2.45, 2.75) is 33.2 Å². The molecule has 2 unspecified atom stereocenters. The predicted molar refractivity (Wildman–Crippen MR) is 72.6 cm³/mol. The van der Waals surface area contributed by atoms with E-state index in [1.165, 1.54) is 11.3 Å². The van der Waals surface area contributed by atoms with Gasteiger partial charge in [-0.25, -0.2) is 0 Å². The monoisotopic (exact) mass is 226 g/mol. The zero-order chi connectivity index (χ0) is 11.7. The fourth-order valence-corrected chi connectivity index (χ4v) is 1.70. The minimum Gasteiger partial charge on any atom is -0.383 e. The van der Waals surface area contributed by atoms with Gasteiger partial charge in [0.2, 0.25) is 0 Å². The standard InChI is InChI=1S/C10H17N2P.C2H6/c1-3-5-10-8(4-2)6-9(12-13)7-11-10;1-2/h3-5,9,11-12H,1,6-7,13H2,2H3;1-2H3/b8-4-,10-5+;. The first-order valence-electron chi connectivity index (χ1n) is 5.50. The third-order valence-corrected chi connectivity index (χ3v) is 2.69. The van der Waals surface area contributed by atoms with E-state index in [1.54, 1.807) is 0 Å². The molecule has 0 aromatic rings. The van der Waals surface area contributed by atoms with Crippen LogP contribution in [0.15, 0.2) is 36.1 Å². The molecule has 0 saturated carbocycles. The summed E-state index contributed by atoms with van der Waals surface area (Å²) in [7, 11) is 2.57. The first-order chi connectivity index (χ1) is 7.31. The van der Waals surface area contributed by atoms with Gasteiger partial charge in [-0.15, -0.1) is 0 Å². The molecule has 0 amide bonds. The average molecular weight is 226 g/mol. The van der Waals surface area contributed by atoms with Crippen LogP contribution in [0.5, 0.6) is 0 Å². The summed E-state index contributed by atoms with van der Waals surface area (Å²) in [5.41, 5.74) is 2.56. The number of hydrogen-bond donors (Lipinski definition) is 2. The van der Waals surface area contributed by atoms with Crippen LogP contribution >= 0.6 is 9.39 Å². The number of allylic oxidation sites excluding steroid dienone is 4. The Morgan fingerprint density at radius 2 is 2.20 bits per heavy atom. The van der Waals surface area contributed by atoms with E-state index in [1.807, 2.05) is 26.0 Å². The first-order valence-corrected chi connectivity index (χ1v) is 6.07. The van der Waals surface area contributed by atoms with Gasteiger partial charge in [0, 0.05) is 18.3 Å². The van der Waals surface area contributed by atoms with Gasteiger partial charge in [-0.2, -0.15) is 0 Å². The van der Waals surface area contributed by atoms with Gasteiger partial charge in [-0.3, -0.25) is 5.09 Å². The second-order valence-electron chi connectivity index (χ2n) is 3.08. The Labute approximate surface area is 96.2 Å². The van der Waals surface area contributed by atoms with E-state index in [2.05, 4.69) is 39.4 Å². The second kappa shape index (κ2) is 8.70. The van der Waals surface area contributed by atoms with E-state index in [0.717, 1.165) is 13.0 Å². The van der Waals surface area contributed by atoms with E-state index < -0.39 is 0 Å². The summed E-state index contributed by atoms with van der Waals surface area (Å²) in [4.78, 5) is 0. The molecule has 0 spiro atoms. The highest BCUT2D eigenvalue weighted by molar-refractivity contribution is 7.13. The Hall–Kier alpha value is -0.590. The summed E-state index contributed by atoms with van der Waals surface area (Å²) < 4.78 is 0. The fraction of sp³-hybridized carbons (Fsp3) is 0.500. The third kappa shape index (κ3) is 4.63. The smallest absolute Gasteiger partial charge is 0.0370 e. The lowest BCUT2D eigenvalue weighted by Gasteiger charge is -2.27. The number of nitrogens with one attached hydrogen (secondary N) is 2. The lowest BCUT2D eigenvalue weighted by Crippen LogP contribution is -2.39. The lowest BCUT2D eigenvalue weighted by atomic mass is 9.98. The van der Waals surface area contributed by atoms with Crippen molar-refractivity contribution in [3.63, 3.8) is 0 Å². The topological polar surface area (TPSA) is 24.1 Å². The molecule has 3 heteroatoms. The largest absolute Gasteiger partial charge is 0.383 e. The molecule has 15 heavy (non-hydrogen) atoms. The van der Waals surface area contributed by atoms with E-state index >= 15 is 0 Å². The highest BCUT2D eigenvalue weighted by Gasteiger charge is 2.17. The fourth-order valence-electron chi connectivity index (χ4n) is 1.47. The van der Waals surface area contributed by atoms with Crippen molar-refractivity contribution in [3.8, 4) is 0 Å². The Kier molecular flexibility index (Phi) is 8.35. The molecule has 1 saturated heterocycles. The number of rotatable bonds is 2. The molecule has 2 N–H and O–H groups in total. The van der Waals surface area contributed by atoms with Crippen LogP contribution in [-0.2, 0) is 0 Å². The molecule has 1 aliphatic rings. The van der Waals surface area contributed by atoms with Crippen LogP contribution in [0, 0.1) is 0 Å². The predicted octanol–water partition coefficient (Wildman–Crippen LogP) is 2.77. The summed E-state index contributed by atoms with van der Waals surface area (Å²) in [5, 5.41) is 6.56. The summed E-state index contributed by atoms with van der Waals surface area (Å²) >= 11 is 0. The van der Waals surface area contributed by atoms with Gasteiger partial charge >= 0.3 is 0 Å². The minimum atomic E-state index is 0.512. The van der Waals surface area contributed by atoms with Crippen LogP contribution in [0.1, 0.15) is 27.2 Å². The molecule has 0 bridgehead atoms. The molecule has 1 heterocycles. The molecule has 0 aromatic carbocycles. The van der Waals surface area contributed by atoms with E-state index in [0.29, 0.717) is 6.04 Å². The van der Waals surface area contributed by atoms with Gasteiger partial charge < -0.3 is 5.32 Å². The first kappa shape index (κ1) is 14.4. The van der Waals surface area contributed by atoms with Gasteiger partial charge in [-0.05, 0) is 25.0 Å². The van der Waals surface area contributed by atoms with Crippen molar-refractivity contribution in [2.75, 3.05) is 6.54 Å². The number of piperidine rings is 1. The highest BCUT2D eigenvalue weighted by Crippen LogP contribution is 2.19. The van der Waals surface area contributed by atoms with Crippen molar-refractivity contribution < 1.29 is 0 Å². The molecule has 1 aliphatic heterocycles. The van der Waals surface area contributed by atoms with Crippen molar-refractivity contribution in [1.29, 1.82) is 0 Å². The quantitative estimate of drug-likeness (QED) is 0.707. The molecule has 0 aliphatic carbocycles. The zero-order valence-electron chi connectivity index (χ0n) is 10.0. The molecule has 1 fully saturated rings. The Balaban J connectivity index is 0.000000921. The average Bonchev–Trinajstić information content (AvgIpc) is 2.32. The lowest BCUT2D eigenvalue weighted by molar-refractivity contribution is 0.546. The minimum absolute atomic E-state index is 0.512. The molecule has 1 rings (SSSR count). The molecule has 2 atom stereocenters. The van der Waals surface area contributed by atoms with Gasteiger partial charge in [0.25, 0.3) is 0 Å². The second-order valence-corrected chi connectivity index (χ2v) is 3.41. The Morgan fingerprint density at radius 1 is 1.53 bits per heavy atom. The molecule has 86 valence electrons. The van der Waals surface area contributed by atoms with Crippen LogP contribution in [0.4, 0.5) is 0 Å². The van der Waals surface area contributed by atoms with E-state index in [4.69, 9.17) is 0 Å². The van der Waals surface area contributed by atoms with Gasteiger partial charge in [-0.1, -0.05) is 42.0 Å². The van der Waals surface area contributed by atoms with E-state index in [9.17, 15) is 0 Å². The van der Waals surface area contributed by atoms with Gasteiger partial charge in [0.1, 0.15) is 0 Å². The summed E-state index contributed by atoms with van der Waals surface area (Å²) in [6, 6.07) is 0.512. The Morgan fingerprint density at radius 3 is 2.67 bits per heavy atom. The van der Waals surface area contributed by atoms with Crippen molar-refractivity contribution in [2.24, 2.45) is 0 Å². The van der Waals surface area contributed by atoms with Crippen LogP contribution in [-0.4, -0.2) is 12.6 Å². The maximum Gasteiger partial charge on any atom is 0.0370 e. The van der Waals surface area contributed by atoms with Gasteiger partial charge in [0.15, 0.2) is 0 Å². The normalized spacial score (nSPS) is 25.5. The van der Waals surface area contributed by atoms with Crippen LogP contribution < -0.4 is 10.4 Å². The molecular formula is C12H23N2P. The summed E-state index contributed by atoms with van der Waals surface area (Å²) in [6.07, 6.45) is 7.07. The van der Waals surface area contributed by atoms with E-state index in [-0.39, 0.29) is 0 Å². The summed E-state index contributed by atoms with van der Waals surface area (Å²) in [6.45, 7) is 10.7. The van der Waals surface area contributed by atoms with Crippen molar-refractivity contribution in [3.05, 3.63) is 36.1 Å². The SMILES string of the molecule is C=C/C=C1/NCC(NP)C/C1=C/C.CC. The zero-order valence-corrected chi connectivity index (χ0v) is 11.2. The molecular weight excluding hydrogens is 203 g/mol. The molecule has 2 nitrogen and oxygen atoms in total.